The number of hydrogen-bond acceptors (Lipinski definition) is 3. The van der Waals surface area contributed by atoms with Crippen molar-refractivity contribution in [3.05, 3.63) is 48.2 Å². The maximum Gasteiger partial charge on any atom is 0.132 e. The molecule has 0 spiro atoms. The summed E-state index contributed by atoms with van der Waals surface area (Å²) in [6.07, 6.45) is 1.79. The summed E-state index contributed by atoms with van der Waals surface area (Å²) in [6.45, 7) is 2.06. The molecule has 1 aromatic heterocycles. The van der Waals surface area contributed by atoms with Crippen LogP contribution in [0.3, 0.4) is 0 Å². The van der Waals surface area contributed by atoms with Gasteiger partial charge in [-0.05, 0) is 36.8 Å². The zero-order valence-electron chi connectivity index (χ0n) is 9.51. The Morgan fingerprint density at radius 1 is 1.19 bits per heavy atom. The van der Waals surface area contributed by atoms with Crippen LogP contribution in [-0.4, -0.2) is 12.0 Å². The van der Waals surface area contributed by atoms with Gasteiger partial charge in [-0.15, -0.1) is 0 Å². The minimum absolute atomic E-state index is 0.767. The SMILES string of the molecule is Cc1ccc(N)cc1N(C)c1ccccn1. The topological polar surface area (TPSA) is 42.1 Å². The number of pyridine rings is 1. The molecule has 0 aliphatic heterocycles. The van der Waals surface area contributed by atoms with Crippen LogP contribution in [0.1, 0.15) is 5.56 Å². The lowest BCUT2D eigenvalue weighted by atomic mass is 10.1. The minimum atomic E-state index is 0.767. The van der Waals surface area contributed by atoms with E-state index < -0.39 is 0 Å². The molecule has 0 saturated heterocycles. The van der Waals surface area contributed by atoms with Gasteiger partial charge in [-0.1, -0.05) is 12.1 Å². The molecule has 82 valence electrons. The Morgan fingerprint density at radius 2 is 2.00 bits per heavy atom. The van der Waals surface area contributed by atoms with E-state index in [2.05, 4.69) is 11.9 Å². The fourth-order valence-corrected chi connectivity index (χ4v) is 1.66. The molecule has 2 N–H and O–H groups in total. The summed E-state index contributed by atoms with van der Waals surface area (Å²) in [6, 6.07) is 11.7. The zero-order chi connectivity index (χ0) is 11.5. The highest BCUT2D eigenvalue weighted by molar-refractivity contribution is 5.67. The van der Waals surface area contributed by atoms with E-state index in [1.54, 1.807) is 6.20 Å². The molecule has 3 heteroatoms. The van der Waals surface area contributed by atoms with Gasteiger partial charge >= 0.3 is 0 Å². The molecule has 2 aromatic rings. The van der Waals surface area contributed by atoms with E-state index >= 15 is 0 Å². The normalized spacial score (nSPS) is 10.1. The Labute approximate surface area is 95.5 Å². The standard InChI is InChI=1S/C13H15N3/c1-10-6-7-11(14)9-12(10)16(2)13-5-3-4-8-15-13/h3-9H,14H2,1-2H3. The maximum atomic E-state index is 5.80. The minimum Gasteiger partial charge on any atom is -0.399 e. The Morgan fingerprint density at radius 3 is 2.69 bits per heavy atom. The smallest absolute Gasteiger partial charge is 0.132 e. The molecule has 0 radical (unpaired) electrons. The lowest BCUT2D eigenvalue weighted by Crippen LogP contribution is -2.12. The maximum absolute atomic E-state index is 5.80. The van der Waals surface area contributed by atoms with E-state index in [1.807, 2.05) is 48.3 Å². The predicted octanol–water partition coefficient (Wildman–Crippen LogP) is 2.74. The summed E-state index contributed by atoms with van der Waals surface area (Å²) in [5.74, 6) is 0.913. The molecule has 0 bridgehead atoms. The number of rotatable bonds is 2. The third-order valence-electron chi connectivity index (χ3n) is 2.59. The summed E-state index contributed by atoms with van der Waals surface area (Å²) < 4.78 is 0. The van der Waals surface area contributed by atoms with E-state index in [-0.39, 0.29) is 0 Å². The molecule has 1 heterocycles. The van der Waals surface area contributed by atoms with E-state index in [1.165, 1.54) is 5.56 Å². The highest BCUT2D eigenvalue weighted by atomic mass is 15.2. The second-order valence-corrected chi connectivity index (χ2v) is 3.79. The Kier molecular flexibility index (Phi) is 2.77. The molecule has 0 unspecified atom stereocenters. The number of aromatic nitrogens is 1. The number of aryl methyl sites for hydroxylation is 1. The number of nitrogens with zero attached hydrogens (tertiary/aromatic N) is 2. The van der Waals surface area contributed by atoms with Crippen molar-refractivity contribution in [1.29, 1.82) is 0 Å². The molecule has 2 rings (SSSR count). The quantitative estimate of drug-likeness (QED) is 0.780. The van der Waals surface area contributed by atoms with E-state index in [0.717, 1.165) is 17.2 Å². The predicted molar refractivity (Wildman–Crippen MR) is 67.9 cm³/mol. The highest BCUT2D eigenvalue weighted by Crippen LogP contribution is 2.26. The molecule has 0 fully saturated rings. The molecule has 3 nitrogen and oxygen atoms in total. The number of nitrogen functional groups attached to an aromatic ring is 1. The Bertz CT molecular complexity index is 480. The van der Waals surface area contributed by atoms with Crippen molar-refractivity contribution in [1.82, 2.24) is 4.98 Å². The van der Waals surface area contributed by atoms with Crippen molar-refractivity contribution in [2.75, 3.05) is 17.7 Å². The first kappa shape index (κ1) is 10.5. The van der Waals surface area contributed by atoms with E-state index in [4.69, 9.17) is 5.73 Å². The third kappa shape index (κ3) is 1.98. The second-order valence-electron chi connectivity index (χ2n) is 3.79. The fourth-order valence-electron chi connectivity index (χ4n) is 1.66. The van der Waals surface area contributed by atoms with E-state index in [9.17, 15) is 0 Å². The van der Waals surface area contributed by atoms with Crippen LogP contribution in [0, 0.1) is 6.92 Å². The Hall–Kier alpha value is -2.03. The van der Waals surface area contributed by atoms with Crippen LogP contribution in [0.4, 0.5) is 17.2 Å². The lowest BCUT2D eigenvalue weighted by molar-refractivity contribution is 1.11. The Balaban J connectivity index is 2.41. The van der Waals surface area contributed by atoms with Crippen molar-refractivity contribution in [3.63, 3.8) is 0 Å². The molecule has 0 aliphatic rings. The number of nitrogens with two attached hydrogens (primary N) is 1. The fraction of sp³-hybridized carbons (Fsp3) is 0.154. The largest absolute Gasteiger partial charge is 0.399 e. The second kappa shape index (κ2) is 4.23. The van der Waals surface area contributed by atoms with Gasteiger partial charge in [0, 0.05) is 24.6 Å². The van der Waals surface area contributed by atoms with Gasteiger partial charge in [0.2, 0.25) is 0 Å². The average molecular weight is 213 g/mol. The van der Waals surface area contributed by atoms with Crippen LogP contribution in [-0.2, 0) is 0 Å². The van der Waals surface area contributed by atoms with Gasteiger partial charge in [0.15, 0.2) is 0 Å². The lowest BCUT2D eigenvalue weighted by Gasteiger charge is -2.20. The van der Waals surface area contributed by atoms with Gasteiger partial charge in [0.25, 0.3) is 0 Å². The van der Waals surface area contributed by atoms with Gasteiger partial charge in [-0.25, -0.2) is 4.98 Å². The van der Waals surface area contributed by atoms with Crippen LogP contribution in [0.25, 0.3) is 0 Å². The van der Waals surface area contributed by atoms with E-state index in [0.29, 0.717) is 0 Å². The first-order valence-electron chi connectivity index (χ1n) is 5.19. The first-order valence-corrected chi connectivity index (χ1v) is 5.19. The highest BCUT2D eigenvalue weighted by Gasteiger charge is 2.07. The van der Waals surface area contributed by atoms with Crippen molar-refractivity contribution < 1.29 is 0 Å². The summed E-state index contributed by atoms with van der Waals surface area (Å²) >= 11 is 0. The monoisotopic (exact) mass is 213 g/mol. The molecular formula is C13H15N3. The van der Waals surface area contributed by atoms with Crippen LogP contribution >= 0.6 is 0 Å². The summed E-state index contributed by atoms with van der Waals surface area (Å²) in [5, 5.41) is 0. The summed E-state index contributed by atoms with van der Waals surface area (Å²) in [5.41, 5.74) is 8.83. The molecule has 0 saturated carbocycles. The zero-order valence-corrected chi connectivity index (χ0v) is 9.51. The molecule has 1 aromatic carbocycles. The molecular weight excluding hydrogens is 198 g/mol. The molecule has 0 amide bonds. The van der Waals surface area contributed by atoms with Gasteiger partial charge in [-0.3, -0.25) is 0 Å². The van der Waals surface area contributed by atoms with Crippen molar-refractivity contribution in [3.8, 4) is 0 Å². The number of hydrogen-bond donors (Lipinski definition) is 1. The third-order valence-corrected chi connectivity index (χ3v) is 2.59. The van der Waals surface area contributed by atoms with Crippen LogP contribution in [0.2, 0.25) is 0 Å². The molecule has 16 heavy (non-hydrogen) atoms. The van der Waals surface area contributed by atoms with Gasteiger partial charge in [0.1, 0.15) is 5.82 Å². The summed E-state index contributed by atoms with van der Waals surface area (Å²) in [4.78, 5) is 6.34. The van der Waals surface area contributed by atoms with Crippen molar-refractivity contribution in [2.45, 2.75) is 6.92 Å². The van der Waals surface area contributed by atoms with Gasteiger partial charge < -0.3 is 10.6 Å². The summed E-state index contributed by atoms with van der Waals surface area (Å²) in [7, 11) is 1.99. The number of benzene rings is 1. The molecule has 0 atom stereocenters. The van der Waals surface area contributed by atoms with Crippen molar-refractivity contribution >= 4 is 17.2 Å². The number of anilines is 3. The van der Waals surface area contributed by atoms with Gasteiger partial charge in [-0.2, -0.15) is 0 Å². The van der Waals surface area contributed by atoms with Crippen LogP contribution in [0.15, 0.2) is 42.6 Å². The van der Waals surface area contributed by atoms with Crippen LogP contribution < -0.4 is 10.6 Å². The van der Waals surface area contributed by atoms with Crippen molar-refractivity contribution in [2.24, 2.45) is 0 Å². The van der Waals surface area contributed by atoms with Crippen LogP contribution in [0.5, 0.6) is 0 Å². The van der Waals surface area contributed by atoms with Gasteiger partial charge in [0.05, 0.1) is 0 Å². The first-order chi connectivity index (χ1) is 7.68. The molecule has 0 aliphatic carbocycles. The average Bonchev–Trinajstić information content (AvgIpc) is 2.32.